The van der Waals surface area contributed by atoms with Crippen molar-refractivity contribution in [2.45, 2.75) is 18.9 Å². The molecule has 10 nitrogen and oxygen atoms in total. The van der Waals surface area contributed by atoms with Gasteiger partial charge in [-0.15, -0.1) is 0 Å². The maximum atomic E-state index is 14.7. The summed E-state index contributed by atoms with van der Waals surface area (Å²) in [7, 11) is 3.94. The molecule has 7 rings (SSSR count). The Morgan fingerprint density at radius 1 is 0.864 bits per heavy atom. The van der Waals surface area contributed by atoms with Crippen LogP contribution in [0, 0.1) is 5.82 Å². The van der Waals surface area contributed by atoms with Crippen LogP contribution in [0.2, 0.25) is 0 Å². The number of H-pyrrole nitrogens is 2. The monoisotopic (exact) mass is 592 g/mol. The molecule has 11 heteroatoms. The predicted octanol–water partition coefficient (Wildman–Crippen LogP) is 5.44. The van der Waals surface area contributed by atoms with Gasteiger partial charge in [0.25, 0.3) is 0 Å². The van der Waals surface area contributed by atoms with E-state index in [-0.39, 0.29) is 11.9 Å². The first-order valence-corrected chi connectivity index (χ1v) is 14.7. The lowest BCUT2D eigenvalue weighted by molar-refractivity contribution is 0.162. The molecule has 6 heterocycles. The van der Waals surface area contributed by atoms with Gasteiger partial charge in [-0.2, -0.15) is 5.10 Å². The number of fused-ring (bicyclic) bond motifs is 2. The highest BCUT2D eigenvalue weighted by Gasteiger charge is 2.18. The van der Waals surface area contributed by atoms with E-state index in [9.17, 15) is 4.39 Å². The highest BCUT2D eigenvalue weighted by molar-refractivity contribution is 6.01. The second-order valence-corrected chi connectivity index (χ2v) is 11.3. The van der Waals surface area contributed by atoms with Crippen LogP contribution in [0.15, 0.2) is 67.4 Å². The number of ether oxygens (including phenoxy) is 2. The van der Waals surface area contributed by atoms with Gasteiger partial charge in [0.1, 0.15) is 35.7 Å². The first-order chi connectivity index (χ1) is 21.5. The maximum absolute atomic E-state index is 14.7. The van der Waals surface area contributed by atoms with Gasteiger partial charge in [0.05, 0.1) is 41.0 Å². The molecule has 0 spiro atoms. The molecule has 1 aliphatic heterocycles. The van der Waals surface area contributed by atoms with Gasteiger partial charge >= 0.3 is 0 Å². The lowest BCUT2D eigenvalue weighted by Gasteiger charge is -2.23. The van der Waals surface area contributed by atoms with E-state index in [4.69, 9.17) is 9.47 Å². The highest BCUT2D eigenvalue weighted by Crippen LogP contribution is 2.36. The van der Waals surface area contributed by atoms with Crippen LogP contribution < -0.4 is 14.8 Å². The Bertz CT molecular complexity index is 1930. The zero-order valence-electron chi connectivity index (χ0n) is 24.6. The van der Waals surface area contributed by atoms with Crippen LogP contribution in [0.4, 0.5) is 4.39 Å². The van der Waals surface area contributed by atoms with Crippen molar-refractivity contribution >= 4 is 21.8 Å². The Hall–Kier alpha value is -4.87. The van der Waals surface area contributed by atoms with E-state index in [0.717, 1.165) is 88.2 Å². The van der Waals surface area contributed by atoms with Crippen LogP contribution in [-0.2, 0) is 0 Å². The Labute approximate surface area is 253 Å². The molecule has 6 aromatic rings. The molecule has 1 aliphatic rings. The van der Waals surface area contributed by atoms with E-state index in [1.807, 2.05) is 43.3 Å². The smallest absolute Gasteiger partial charge is 0.138 e. The van der Waals surface area contributed by atoms with Crippen LogP contribution in [-0.4, -0.2) is 81.5 Å². The van der Waals surface area contributed by atoms with Crippen LogP contribution in [0.25, 0.3) is 55.6 Å². The second-order valence-electron chi connectivity index (χ2n) is 11.3. The Balaban J connectivity index is 1.21. The number of nitrogens with one attached hydrogen (secondary N) is 3. The van der Waals surface area contributed by atoms with Crippen molar-refractivity contribution < 1.29 is 13.9 Å². The van der Waals surface area contributed by atoms with Crippen LogP contribution in [0.1, 0.15) is 12.8 Å². The van der Waals surface area contributed by atoms with Crippen LogP contribution in [0.3, 0.4) is 0 Å². The summed E-state index contributed by atoms with van der Waals surface area (Å²) in [5.41, 5.74) is 6.28. The van der Waals surface area contributed by atoms with Crippen molar-refractivity contribution in [3.8, 4) is 45.3 Å². The topological polar surface area (TPSA) is 117 Å². The molecular weight excluding hydrogens is 559 g/mol. The minimum absolute atomic E-state index is 0.181. The molecule has 0 radical (unpaired) electrons. The predicted molar refractivity (Wildman–Crippen MR) is 168 cm³/mol. The number of rotatable bonds is 9. The molecule has 0 unspecified atom stereocenters. The zero-order valence-corrected chi connectivity index (χ0v) is 24.6. The van der Waals surface area contributed by atoms with Gasteiger partial charge in [0.2, 0.25) is 0 Å². The Morgan fingerprint density at radius 2 is 1.70 bits per heavy atom. The quantitative estimate of drug-likeness (QED) is 0.203. The molecule has 0 saturated carbocycles. The van der Waals surface area contributed by atoms with Gasteiger partial charge in [-0.05, 0) is 75.9 Å². The lowest BCUT2D eigenvalue weighted by Crippen LogP contribution is -2.34. The molecule has 0 bridgehead atoms. The summed E-state index contributed by atoms with van der Waals surface area (Å²) in [6, 6.07) is 10.8. The number of likely N-dealkylation sites (N-methyl/N-ethyl adjacent to an activating group) is 1. The third kappa shape index (κ3) is 5.84. The molecule has 1 fully saturated rings. The fourth-order valence-corrected chi connectivity index (χ4v) is 5.57. The van der Waals surface area contributed by atoms with Crippen molar-refractivity contribution in [3.63, 3.8) is 0 Å². The average Bonchev–Trinajstić information content (AvgIpc) is 3.65. The third-order valence-corrected chi connectivity index (χ3v) is 7.84. The standard InChI is InChI=1S/C33H33FN8O2/c1-42(2)7-8-43-24-10-20(9-22(34)12-24)28-17-37-18-31-26(28)13-30(39-31)33-27-14-29(38-19-32(27)40-41-33)21-11-25(16-36-15-21)44-23-3-5-35-6-4-23/h9-19,23,35,39H,3-8H2,1-2H3,(H,40,41). The molecule has 5 aromatic heterocycles. The van der Waals surface area contributed by atoms with Gasteiger partial charge in [0.15, 0.2) is 0 Å². The number of benzene rings is 1. The van der Waals surface area contributed by atoms with Gasteiger partial charge in [-0.1, -0.05) is 0 Å². The average molecular weight is 593 g/mol. The largest absolute Gasteiger partial charge is 0.492 e. The number of aromatic amines is 2. The van der Waals surface area contributed by atoms with E-state index in [0.29, 0.717) is 17.9 Å². The van der Waals surface area contributed by atoms with Gasteiger partial charge in [-0.25, -0.2) is 4.39 Å². The molecule has 0 amide bonds. The number of hydrogen-bond acceptors (Lipinski definition) is 8. The molecule has 3 N–H and O–H groups in total. The van der Waals surface area contributed by atoms with Gasteiger partial charge < -0.3 is 24.7 Å². The molecule has 224 valence electrons. The minimum Gasteiger partial charge on any atom is -0.492 e. The van der Waals surface area contributed by atoms with E-state index < -0.39 is 0 Å². The Morgan fingerprint density at radius 3 is 2.57 bits per heavy atom. The first kappa shape index (κ1) is 27.9. The first-order valence-electron chi connectivity index (χ1n) is 14.7. The summed E-state index contributed by atoms with van der Waals surface area (Å²) >= 11 is 0. The number of nitrogens with zero attached hydrogens (tertiary/aromatic N) is 5. The molecule has 0 atom stereocenters. The second kappa shape index (κ2) is 12.0. The summed E-state index contributed by atoms with van der Waals surface area (Å²) in [5.74, 6) is 0.851. The number of halogens is 1. The number of piperidine rings is 1. The summed E-state index contributed by atoms with van der Waals surface area (Å²) in [5, 5.41) is 12.9. The maximum Gasteiger partial charge on any atom is 0.138 e. The Kier molecular flexibility index (Phi) is 7.63. The van der Waals surface area contributed by atoms with Gasteiger partial charge in [0, 0.05) is 46.9 Å². The molecule has 1 saturated heterocycles. The number of pyridine rings is 3. The molecular formula is C33H33FN8O2. The van der Waals surface area contributed by atoms with E-state index in [1.54, 1.807) is 31.0 Å². The van der Waals surface area contributed by atoms with Gasteiger partial charge in [-0.3, -0.25) is 20.1 Å². The zero-order chi connectivity index (χ0) is 30.0. The summed E-state index contributed by atoms with van der Waals surface area (Å²) < 4.78 is 26.7. The van der Waals surface area contributed by atoms with Crippen LogP contribution in [0.5, 0.6) is 11.5 Å². The molecule has 44 heavy (non-hydrogen) atoms. The fraction of sp³-hybridized carbons (Fsp3) is 0.273. The normalized spacial score (nSPS) is 14.1. The van der Waals surface area contributed by atoms with Crippen molar-refractivity contribution in [2.24, 2.45) is 0 Å². The third-order valence-electron chi connectivity index (χ3n) is 7.84. The van der Waals surface area contributed by atoms with Crippen molar-refractivity contribution in [3.05, 3.63) is 73.2 Å². The van der Waals surface area contributed by atoms with E-state index >= 15 is 0 Å². The van der Waals surface area contributed by atoms with E-state index in [2.05, 4.69) is 35.5 Å². The van der Waals surface area contributed by atoms with Crippen LogP contribution >= 0.6 is 0 Å². The fourth-order valence-electron chi connectivity index (χ4n) is 5.57. The SMILES string of the molecule is CN(C)CCOc1cc(F)cc(-c2cncc3[nH]c(-c4n[nH]c5cnc(-c6cncc(OC7CCNCC7)c6)cc45)cc23)c1. The minimum atomic E-state index is -0.367. The van der Waals surface area contributed by atoms with Crippen molar-refractivity contribution in [1.29, 1.82) is 0 Å². The highest BCUT2D eigenvalue weighted by atomic mass is 19.1. The number of aromatic nitrogens is 6. The lowest BCUT2D eigenvalue weighted by atomic mass is 10.0. The van der Waals surface area contributed by atoms with Crippen molar-refractivity contribution in [2.75, 3.05) is 40.3 Å². The summed E-state index contributed by atoms with van der Waals surface area (Å²) in [4.78, 5) is 19.0. The molecule has 1 aromatic carbocycles. The van der Waals surface area contributed by atoms with E-state index in [1.165, 1.54) is 12.1 Å². The summed E-state index contributed by atoms with van der Waals surface area (Å²) in [6.45, 7) is 3.10. The summed E-state index contributed by atoms with van der Waals surface area (Å²) in [6.07, 6.45) is 11.0. The molecule has 0 aliphatic carbocycles. The van der Waals surface area contributed by atoms with Crippen molar-refractivity contribution in [1.82, 2.24) is 40.3 Å². The number of hydrogen-bond donors (Lipinski definition) is 3.